The van der Waals surface area contributed by atoms with Gasteiger partial charge < -0.3 is 9.90 Å². The van der Waals surface area contributed by atoms with Crippen LogP contribution in [0.15, 0.2) is 48.5 Å². The van der Waals surface area contributed by atoms with Crippen LogP contribution < -0.4 is 5.11 Å². The molecule has 3 aromatic rings. The number of hydrogen-bond acceptors (Lipinski definition) is 3. The second-order valence-corrected chi connectivity index (χ2v) is 5.38. The number of rotatable bonds is 3. The van der Waals surface area contributed by atoms with Gasteiger partial charge in [0.25, 0.3) is 0 Å². The highest BCUT2D eigenvalue weighted by atomic mass is 19.1. The minimum absolute atomic E-state index is 0.116. The molecule has 0 N–H and O–H groups in total. The van der Waals surface area contributed by atoms with E-state index in [1.54, 1.807) is 24.3 Å². The van der Waals surface area contributed by atoms with Crippen molar-refractivity contribution in [3.8, 4) is 16.9 Å². The Labute approximate surface area is 132 Å². The first-order valence-corrected chi connectivity index (χ1v) is 7.11. The van der Waals surface area contributed by atoms with E-state index in [9.17, 15) is 14.3 Å². The van der Waals surface area contributed by atoms with Gasteiger partial charge in [-0.25, -0.2) is 9.07 Å². The Morgan fingerprint density at radius 2 is 1.87 bits per heavy atom. The maximum Gasteiger partial charge on any atom is 0.132 e. The molecule has 0 amide bonds. The molecule has 116 valence electrons. The Bertz CT molecular complexity index is 900. The molecule has 0 fully saturated rings. The Balaban J connectivity index is 2.21. The number of hydrogen-bond donors (Lipinski definition) is 0. The van der Waals surface area contributed by atoms with Gasteiger partial charge in [0.1, 0.15) is 5.82 Å². The Hall–Kier alpha value is -2.95. The summed E-state index contributed by atoms with van der Waals surface area (Å²) in [6.45, 7) is 3.82. The third-order valence-corrected chi connectivity index (χ3v) is 3.65. The predicted molar refractivity (Wildman–Crippen MR) is 82.8 cm³/mol. The number of aryl methyl sites for hydroxylation is 2. The zero-order valence-corrected chi connectivity index (χ0v) is 12.7. The maximum absolute atomic E-state index is 13.9. The van der Waals surface area contributed by atoms with E-state index in [4.69, 9.17) is 0 Å². The number of benzene rings is 2. The lowest BCUT2D eigenvalue weighted by atomic mass is 10.1. The molecule has 2 aromatic carbocycles. The Kier molecular flexibility index (Phi) is 3.70. The molecular weight excluding hydrogens is 295 g/mol. The molecule has 0 aliphatic carbocycles. The highest BCUT2D eigenvalue weighted by Crippen LogP contribution is 2.25. The Morgan fingerprint density at radius 1 is 1.13 bits per heavy atom. The highest BCUT2D eigenvalue weighted by molar-refractivity contribution is 5.86. The van der Waals surface area contributed by atoms with Crippen LogP contribution in [0.3, 0.4) is 0 Å². The van der Waals surface area contributed by atoms with Crippen LogP contribution in [0.2, 0.25) is 0 Å². The standard InChI is InChI=1S/C18H15FN2O2/c1-11-7-8-16(12(2)9-11)21-17(18(22)23)10-15(20-21)13-5-3-4-6-14(13)19/h3-10H,1-2H3,(H,22,23)/p-1. The normalized spacial score (nSPS) is 10.7. The zero-order chi connectivity index (χ0) is 16.6. The van der Waals surface area contributed by atoms with Crippen molar-refractivity contribution in [1.82, 2.24) is 9.78 Å². The zero-order valence-electron chi connectivity index (χ0n) is 12.7. The number of carboxylic acids is 1. The fourth-order valence-corrected chi connectivity index (χ4v) is 2.55. The maximum atomic E-state index is 13.9. The highest BCUT2D eigenvalue weighted by Gasteiger charge is 2.15. The van der Waals surface area contributed by atoms with Gasteiger partial charge in [0.05, 0.1) is 23.0 Å². The summed E-state index contributed by atoms with van der Waals surface area (Å²) in [5, 5.41) is 15.7. The molecule has 0 spiro atoms. The summed E-state index contributed by atoms with van der Waals surface area (Å²) in [5.41, 5.74) is 2.94. The van der Waals surface area contributed by atoms with Crippen LogP contribution in [-0.4, -0.2) is 15.7 Å². The number of carbonyl (C=O) groups is 1. The smallest absolute Gasteiger partial charge is 0.132 e. The average Bonchev–Trinajstić information content (AvgIpc) is 2.92. The summed E-state index contributed by atoms with van der Waals surface area (Å²) < 4.78 is 15.2. The second kappa shape index (κ2) is 5.68. The van der Waals surface area contributed by atoms with E-state index in [1.165, 1.54) is 16.8 Å². The fraction of sp³-hybridized carbons (Fsp3) is 0.111. The number of carbonyl (C=O) groups excluding carboxylic acids is 1. The summed E-state index contributed by atoms with van der Waals surface area (Å²) in [7, 11) is 0. The van der Waals surface area contributed by atoms with E-state index in [2.05, 4.69) is 5.10 Å². The van der Waals surface area contributed by atoms with Crippen LogP contribution in [0.1, 0.15) is 21.6 Å². The first-order chi connectivity index (χ1) is 11.0. The number of aromatic nitrogens is 2. The summed E-state index contributed by atoms with van der Waals surface area (Å²) in [5.74, 6) is -1.82. The number of aromatic carboxylic acids is 1. The van der Waals surface area contributed by atoms with Crippen molar-refractivity contribution in [3.63, 3.8) is 0 Å². The molecule has 0 unspecified atom stereocenters. The van der Waals surface area contributed by atoms with E-state index in [0.717, 1.165) is 11.1 Å². The second-order valence-electron chi connectivity index (χ2n) is 5.38. The van der Waals surface area contributed by atoms with Crippen molar-refractivity contribution in [3.05, 3.63) is 71.2 Å². The van der Waals surface area contributed by atoms with E-state index in [1.807, 2.05) is 26.0 Å². The number of carboxylic acid groups (broad SMARTS) is 1. The predicted octanol–water partition coefficient (Wildman–Crippen LogP) is 2.66. The molecule has 1 aromatic heterocycles. The monoisotopic (exact) mass is 309 g/mol. The molecule has 0 saturated heterocycles. The van der Waals surface area contributed by atoms with Crippen molar-refractivity contribution in [2.24, 2.45) is 0 Å². The van der Waals surface area contributed by atoms with Crippen LogP contribution >= 0.6 is 0 Å². The van der Waals surface area contributed by atoms with E-state index in [0.29, 0.717) is 5.69 Å². The minimum atomic E-state index is -1.36. The van der Waals surface area contributed by atoms with Gasteiger partial charge in [-0.05, 0) is 43.7 Å². The first-order valence-electron chi connectivity index (χ1n) is 7.11. The minimum Gasteiger partial charge on any atom is -0.543 e. The molecule has 4 nitrogen and oxygen atoms in total. The SMILES string of the molecule is Cc1ccc(-n2nc(-c3ccccc3F)cc2C(=O)[O-])c(C)c1. The topological polar surface area (TPSA) is 58.0 Å². The van der Waals surface area contributed by atoms with Crippen LogP contribution in [0.4, 0.5) is 4.39 Å². The fourth-order valence-electron chi connectivity index (χ4n) is 2.55. The van der Waals surface area contributed by atoms with Crippen LogP contribution in [-0.2, 0) is 0 Å². The van der Waals surface area contributed by atoms with Gasteiger partial charge in [0, 0.05) is 5.56 Å². The van der Waals surface area contributed by atoms with Crippen molar-refractivity contribution in [2.75, 3.05) is 0 Å². The van der Waals surface area contributed by atoms with Gasteiger partial charge in [0.2, 0.25) is 0 Å². The molecule has 0 saturated carbocycles. The van der Waals surface area contributed by atoms with E-state index >= 15 is 0 Å². The molecule has 0 atom stereocenters. The average molecular weight is 309 g/mol. The van der Waals surface area contributed by atoms with Crippen molar-refractivity contribution < 1.29 is 14.3 Å². The molecular formula is C18H14FN2O2-. The van der Waals surface area contributed by atoms with Gasteiger partial charge in [0.15, 0.2) is 0 Å². The molecule has 1 heterocycles. The van der Waals surface area contributed by atoms with Gasteiger partial charge in [-0.1, -0.05) is 29.8 Å². The molecule has 0 radical (unpaired) electrons. The van der Waals surface area contributed by atoms with Gasteiger partial charge in [-0.3, -0.25) is 0 Å². The van der Waals surface area contributed by atoms with Crippen LogP contribution in [0.25, 0.3) is 16.9 Å². The van der Waals surface area contributed by atoms with E-state index < -0.39 is 11.8 Å². The van der Waals surface area contributed by atoms with Gasteiger partial charge >= 0.3 is 0 Å². The molecule has 0 aliphatic rings. The lowest BCUT2D eigenvalue weighted by molar-refractivity contribution is -0.255. The largest absolute Gasteiger partial charge is 0.543 e. The summed E-state index contributed by atoms with van der Waals surface area (Å²) in [4.78, 5) is 11.4. The van der Waals surface area contributed by atoms with E-state index in [-0.39, 0.29) is 17.0 Å². The van der Waals surface area contributed by atoms with Crippen LogP contribution in [0.5, 0.6) is 0 Å². The molecule has 0 bridgehead atoms. The van der Waals surface area contributed by atoms with Gasteiger partial charge in [-0.15, -0.1) is 0 Å². The molecule has 5 heteroatoms. The van der Waals surface area contributed by atoms with Gasteiger partial charge in [-0.2, -0.15) is 5.10 Å². The number of halogens is 1. The summed E-state index contributed by atoms with van der Waals surface area (Å²) >= 11 is 0. The third kappa shape index (κ3) is 2.73. The summed E-state index contributed by atoms with van der Waals surface area (Å²) in [6, 6.07) is 13.0. The first kappa shape index (κ1) is 15.0. The summed E-state index contributed by atoms with van der Waals surface area (Å²) in [6.07, 6.45) is 0. The molecule has 3 rings (SSSR count). The molecule has 23 heavy (non-hydrogen) atoms. The van der Waals surface area contributed by atoms with Crippen molar-refractivity contribution in [1.29, 1.82) is 0 Å². The van der Waals surface area contributed by atoms with Crippen LogP contribution in [0, 0.1) is 19.7 Å². The third-order valence-electron chi connectivity index (χ3n) is 3.65. The Morgan fingerprint density at radius 3 is 2.52 bits per heavy atom. The van der Waals surface area contributed by atoms with Crippen molar-refractivity contribution >= 4 is 5.97 Å². The lowest BCUT2D eigenvalue weighted by Crippen LogP contribution is -2.25. The molecule has 0 aliphatic heterocycles. The van der Waals surface area contributed by atoms with Crippen molar-refractivity contribution in [2.45, 2.75) is 13.8 Å². The quantitative estimate of drug-likeness (QED) is 0.747. The number of nitrogens with zero attached hydrogens (tertiary/aromatic N) is 2. The lowest BCUT2D eigenvalue weighted by Gasteiger charge is -2.11.